The Labute approximate surface area is 75.4 Å². The van der Waals surface area contributed by atoms with Crippen LogP contribution in [0.25, 0.3) is 11.4 Å². The number of tetrazole rings is 1. The maximum absolute atomic E-state index is 4.08. The molecule has 0 unspecified atom stereocenters. The van der Waals surface area contributed by atoms with E-state index in [1.165, 1.54) is 4.80 Å². The van der Waals surface area contributed by atoms with Crippen molar-refractivity contribution >= 4 is 0 Å². The second-order valence-corrected chi connectivity index (χ2v) is 2.85. The number of hydrogen-bond donors (Lipinski definition) is 0. The van der Waals surface area contributed by atoms with E-state index in [1.807, 2.05) is 13.0 Å². The van der Waals surface area contributed by atoms with Gasteiger partial charge in [0.05, 0.1) is 7.05 Å². The van der Waals surface area contributed by atoms with Crippen LogP contribution < -0.4 is 0 Å². The SMILES string of the molecule is Cc1cncc(-c2nnn(C)n2)c1. The molecule has 0 amide bonds. The topological polar surface area (TPSA) is 56.5 Å². The lowest BCUT2D eigenvalue weighted by atomic mass is 10.2. The molecule has 0 saturated heterocycles. The molecule has 0 aromatic carbocycles. The summed E-state index contributed by atoms with van der Waals surface area (Å²) in [4.78, 5) is 5.48. The van der Waals surface area contributed by atoms with Crippen LogP contribution in [-0.2, 0) is 7.05 Å². The number of pyridine rings is 1. The average molecular weight is 175 g/mol. The number of aryl methyl sites for hydroxylation is 2. The lowest BCUT2D eigenvalue weighted by Gasteiger charge is -1.94. The van der Waals surface area contributed by atoms with Crippen molar-refractivity contribution in [1.29, 1.82) is 0 Å². The smallest absolute Gasteiger partial charge is 0.206 e. The molecule has 0 saturated carbocycles. The Morgan fingerprint density at radius 3 is 2.77 bits per heavy atom. The minimum atomic E-state index is 0.610. The van der Waals surface area contributed by atoms with Gasteiger partial charge in [-0.25, -0.2) is 0 Å². The number of rotatable bonds is 1. The molecule has 0 aliphatic carbocycles. The summed E-state index contributed by atoms with van der Waals surface area (Å²) < 4.78 is 0. The van der Waals surface area contributed by atoms with Crippen molar-refractivity contribution in [3.05, 3.63) is 24.0 Å². The maximum atomic E-state index is 4.08. The Balaban J connectivity index is 2.46. The minimum Gasteiger partial charge on any atom is -0.264 e. The number of nitrogens with zero attached hydrogens (tertiary/aromatic N) is 5. The van der Waals surface area contributed by atoms with Crippen LogP contribution in [0.4, 0.5) is 0 Å². The number of hydrogen-bond acceptors (Lipinski definition) is 4. The Hall–Kier alpha value is -1.78. The van der Waals surface area contributed by atoms with Crippen molar-refractivity contribution in [1.82, 2.24) is 25.2 Å². The molecular weight excluding hydrogens is 166 g/mol. The molecule has 0 aliphatic heterocycles. The van der Waals surface area contributed by atoms with Crippen molar-refractivity contribution in [2.75, 3.05) is 0 Å². The molecule has 0 fully saturated rings. The lowest BCUT2D eigenvalue weighted by Crippen LogP contribution is -1.92. The monoisotopic (exact) mass is 175 g/mol. The summed E-state index contributed by atoms with van der Waals surface area (Å²) >= 11 is 0. The van der Waals surface area contributed by atoms with E-state index in [-0.39, 0.29) is 0 Å². The molecule has 5 nitrogen and oxygen atoms in total. The Morgan fingerprint density at radius 1 is 1.31 bits per heavy atom. The lowest BCUT2D eigenvalue weighted by molar-refractivity contribution is 0.630. The van der Waals surface area contributed by atoms with Crippen molar-refractivity contribution in [3.8, 4) is 11.4 Å². The molecule has 0 bridgehead atoms. The van der Waals surface area contributed by atoms with E-state index in [9.17, 15) is 0 Å². The van der Waals surface area contributed by atoms with Gasteiger partial charge < -0.3 is 0 Å². The van der Waals surface area contributed by atoms with Crippen molar-refractivity contribution in [2.24, 2.45) is 7.05 Å². The molecule has 0 atom stereocenters. The fourth-order valence-corrected chi connectivity index (χ4v) is 1.08. The van der Waals surface area contributed by atoms with Gasteiger partial charge in [-0.15, -0.1) is 10.2 Å². The summed E-state index contributed by atoms with van der Waals surface area (Å²) in [7, 11) is 1.74. The highest BCUT2D eigenvalue weighted by atomic mass is 15.6. The molecule has 66 valence electrons. The number of aromatic nitrogens is 5. The Bertz CT molecular complexity index is 420. The third-order valence-corrected chi connectivity index (χ3v) is 1.64. The van der Waals surface area contributed by atoms with Gasteiger partial charge in [-0.3, -0.25) is 4.98 Å². The van der Waals surface area contributed by atoms with E-state index < -0.39 is 0 Å². The first kappa shape index (κ1) is 7.85. The highest BCUT2D eigenvalue weighted by molar-refractivity contribution is 5.52. The predicted molar refractivity (Wildman–Crippen MR) is 46.8 cm³/mol. The van der Waals surface area contributed by atoms with Crippen LogP contribution in [-0.4, -0.2) is 25.2 Å². The summed E-state index contributed by atoms with van der Waals surface area (Å²) in [5.41, 5.74) is 1.98. The van der Waals surface area contributed by atoms with Gasteiger partial charge in [-0.2, -0.15) is 4.80 Å². The van der Waals surface area contributed by atoms with Gasteiger partial charge in [-0.05, 0) is 23.8 Å². The van der Waals surface area contributed by atoms with Gasteiger partial charge >= 0.3 is 0 Å². The van der Waals surface area contributed by atoms with E-state index in [0.717, 1.165) is 11.1 Å². The molecule has 2 heterocycles. The standard InChI is InChI=1S/C8H9N5/c1-6-3-7(5-9-4-6)8-10-12-13(2)11-8/h3-5H,1-2H3. The average Bonchev–Trinajstić information content (AvgIpc) is 2.52. The van der Waals surface area contributed by atoms with Gasteiger partial charge in [0, 0.05) is 18.0 Å². The predicted octanol–water partition coefficient (Wildman–Crippen LogP) is 0.581. The highest BCUT2D eigenvalue weighted by Gasteiger charge is 2.03. The molecule has 2 aromatic heterocycles. The van der Waals surface area contributed by atoms with Gasteiger partial charge in [0.1, 0.15) is 0 Å². The zero-order valence-corrected chi connectivity index (χ0v) is 7.47. The molecule has 0 aliphatic rings. The fraction of sp³-hybridized carbons (Fsp3) is 0.250. The van der Waals surface area contributed by atoms with E-state index in [1.54, 1.807) is 19.4 Å². The molecule has 2 aromatic rings. The molecular formula is C8H9N5. The second-order valence-electron chi connectivity index (χ2n) is 2.85. The van der Waals surface area contributed by atoms with E-state index in [0.29, 0.717) is 5.82 Å². The molecule has 0 radical (unpaired) electrons. The Morgan fingerprint density at radius 2 is 2.15 bits per heavy atom. The third-order valence-electron chi connectivity index (χ3n) is 1.64. The van der Waals surface area contributed by atoms with Crippen LogP contribution in [0.1, 0.15) is 5.56 Å². The summed E-state index contributed by atoms with van der Waals surface area (Å²) in [5, 5.41) is 11.7. The normalized spacial score (nSPS) is 10.3. The summed E-state index contributed by atoms with van der Waals surface area (Å²) in [6.45, 7) is 1.98. The van der Waals surface area contributed by atoms with Gasteiger partial charge in [-0.1, -0.05) is 0 Å². The van der Waals surface area contributed by atoms with Crippen LogP contribution in [0.2, 0.25) is 0 Å². The van der Waals surface area contributed by atoms with Gasteiger partial charge in [0.25, 0.3) is 0 Å². The minimum absolute atomic E-state index is 0.610. The maximum Gasteiger partial charge on any atom is 0.206 e. The quantitative estimate of drug-likeness (QED) is 0.636. The molecule has 2 rings (SSSR count). The molecule has 0 N–H and O–H groups in total. The zero-order valence-electron chi connectivity index (χ0n) is 7.47. The second kappa shape index (κ2) is 2.93. The molecule has 13 heavy (non-hydrogen) atoms. The van der Waals surface area contributed by atoms with E-state index >= 15 is 0 Å². The van der Waals surface area contributed by atoms with Crippen molar-refractivity contribution in [3.63, 3.8) is 0 Å². The van der Waals surface area contributed by atoms with Crippen molar-refractivity contribution in [2.45, 2.75) is 6.92 Å². The van der Waals surface area contributed by atoms with Crippen molar-refractivity contribution < 1.29 is 0 Å². The fourth-order valence-electron chi connectivity index (χ4n) is 1.08. The summed E-state index contributed by atoms with van der Waals surface area (Å²) in [6.07, 6.45) is 3.52. The van der Waals surface area contributed by atoms with E-state index in [4.69, 9.17) is 0 Å². The van der Waals surface area contributed by atoms with E-state index in [2.05, 4.69) is 20.4 Å². The van der Waals surface area contributed by atoms with Gasteiger partial charge in [0.15, 0.2) is 0 Å². The van der Waals surface area contributed by atoms with Crippen LogP contribution in [0.3, 0.4) is 0 Å². The van der Waals surface area contributed by atoms with Gasteiger partial charge in [0.2, 0.25) is 5.82 Å². The molecule has 5 heteroatoms. The Kier molecular flexibility index (Phi) is 1.77. The highest BCUT2D eigenvalue weighted by Crippen LogP contribution is 2.12. The largest absolute Gasteiger partial charge is 0.264 e. The molecule has 0 spiro atoms. The van der Waals surface area contributed by atoms with Crippen LogP contribution in [0.5, 0.6) is 0 Å². The van der Waals surface area contributed by atoms with Crippen LogP contribution >= 0.6 is 0 Å². The van der Waals surface area contributed by atoms with Crippen LogP contribution in [0, 0.1) is 6.92 Å². The van der Waals surface area contributed by atoms with Crippen LogP contribution in [0.15, 0.2) is 18.5 Å². The first-order valence-corrected chi connectivity index (χ1v) is 3.92. The summed E-state index contributed by atoms with van der Waals surface area (Å²) in [5.74, 6) is 0.610. The third kappa shape index (κ3) is 1.53. The first-order chi connectivity index (χ1) is 6.25. The first-order valence-electron chi connectivity index (χ1n) is 3.92. The summed E-state index contributed by atoms with van der Waals surface area (Å²) in [6, 6.07) is 1.98. The zero-order chi connectivity index (χ0) is 9.26.